The maximum Gasteiger partial charge on any atom is 0.288 e. The number of alkyl halides is 2. The van der Waals surface area contributed by atoms with Crippen molar-refractivity contribution in [2.24, 2.45) is 0 Å². The van der Waals surface area contributed by atoms with Crippen LogP contribution in [0.2, 0.25) is 0 Å². The number of nitrogens with two attached hydrogens (primary N) is 1. The van der Waals surface area contributed by atoms with Gasteiger partial charge in [0.2, 0.25) is 0 Å². The zero-order valence-corrected chi connectivity index (χ0v) is 13.0. The van der Waals surface area contributed by atoms with Gasteiger partial charge in [-0.1, -0.05) is 23.9 Å². The van der Waals surface area contributed by atoms with Gasteiger partial charge in [0.25, 0.3) is 5.76 Å². The number of rotatable bonds is 4. The number of benzene rings is 2. The maximum absolute atomic E-state index is 13.5. The summed E-state index contributed by atoms with van der Waals surface area (Å²) in [5, 5.41) is 2.89. The predicted molar refractivity (Wildman–Crippen MR) is 85.1 cm³/mol. The first-order chi connectivity index (χ1) is 9.47. The summed E-state index contributed by atoms with van der Waals surface area (Å²) in [6.07, 6.45) is 0. The highest BCUT2D eigenvalue weighted by molar-refractivity contribution is 14.1. The van der Waals surface area contributed by atoms with Gasteiger partial charge in [-0.05, 0) is 40.8 Å². The van der Waals surface area contributed by atoms with E-state index in [1.54, 1.807) is 24.3 Å². The Morgan fingerprint density at radius 1 is 1.15 bits per heavy atom. The number of anilines is 3. The minimum absolute atomic E-state index is 0.352. The van der Waals surface area contributed by atoms with Crippen LogP contribution in [0.1, 0.15) is 0 Å². The highest BCUT2D eigenvalue weighted by Crippen LogP contribution is 2.35. The third-order valence-corrected chi connectivity index (χ3v) is 4.08. The Morgan fingerprint density at radius 2 is 1.85 bits per heavy atom. The third kappa shape index (κ3) is 3.72. The van der Waals surface area contributed by atoms with Crippen molar-refractivity contribution in [1.29, 1.82) is 0 Å². The number of nitrogen functional groups attached to an aromatic ring is 1. The Kier molecular flexibility index (Phi) is 5.03. The number of halogens is 4. The van der Waals surface area contributed by atoms with Gasteiger partial charge in [-0.15, -0.1) is 0 Å². The molecule has 0 spiro atoms. The topological polar surface area (TPSA) is 38.0 Å². The SMILES string of the molecule is Nc1cc(I)c(F)cc1Nc1ccccc1SC(F)F. The molecule has 106 valence electrons. The van der Waals surface area contributed by atoms with Crippen LogP contribution in [0.5, 0.6) is 0 Å². The van der Waals surface area contributed by atoms with Crippen LogP contribution in [0.3, 0.4) is 0 Å². The normalized spacial score (nSPS) is 10.8. The first kappa shape index (κ1) is 15.3. The number of hydrogen-bond donors (Lipinski definition) is 2. The van der Waals surface area contributed by atoms with Crippen LogP contribution < -0.4 is 11.1 Å². The summed E-state index contributed by atoms with van der Waals surface area (Å²) in [6.45, 7) is 0. The van der Waals surface area contributed by atoms with Crippen molar-refractivity contribution in [2.75, 3.05) is 11.1 Å². The van der Waals surface area contributed by atoms with Gasteiger partial charge in [-0.2, -0.15) is 8.78 Å². The van der Waals surface area contributed by atoms with E-state index in [1.807, 2.05) is 22.6 Å². The zero-order chi connectivity index (χ0) is 14.7. The van der Waals surface area contributed by atoms with Crippen LogP contribution >= 0.6 is 34.4 Å². The Labute approximate surface area is 132 Å². The quantitative estimate of drug-likeness (QED) is 0.420. The Hall–Kier alpha value is -1.09. The van der Waals surface area contributed by atoms with Crippen LogP contribution in [-0.2, 0) is 0 Å². The van der Waals surface area contributed by atoms with Gasteiger partial charge in [0.15, 0.2) is 0 Å². The first-order valence-electron chi connectivity index (χ1n) is 5.52. The molecule has 0 saturated carbocycles. The Balaban J connectivity index is 2.33. The lowest BCUT2D eigenvalue weighted by Gasteiger charge is -2.13. The smallest absolute Gasteiger partial charge is 0.288 e. The van der Waals surface area contributed by atoms with Crippen LogP contribution in [0.4, 0.5) is 30.2 Å². The molecule has 0 fully saturated rings. The Morgan fingerprint density at radius 3 is 2.55 bits per heavy atom. The summed E-state index contributed by atoms with van der Waals surface area (Å²) in [4.78, 5) is 0.376. The van der Waals surface area contributed by atoms with E-state index in [2.05, 4.69) is 5.32 Å². The van der Waals surface area contributed by atoms with Crippen LogP contribution in [0, 0.1) is 9.39 Å². The van der Waals surface area contributed by atoms with Gasteiger partial charge < -0.3 is 11.1 Å². The van der Waals surface area contributed by atoms with Gasteiger partial charge >= 0.3 is 0 Å². The molecular formula is C13H10F3IN2S. The van der Waals surface area contributed by atoms with E-state index in [0.717, 1.165) is 0 Å². The average molecular weight is 410 g/mol. The van der Waals surface area contributed by atoms with Crippen molar-refractivity contribution >= 4 is 51.4 Å². The molecule has 0 radical (unpaired) electrons. The second-order valence-corrected chi connectivity index (χ2v) is 6.05. The third-order valence-electron chi connectivity index (χ3n) is 2.46. The fraction of sp³-hybridized carbons (Fsp3) is 0.0769. The molecule has 2 rings (SSSR count). The molecule has 7 heteroatoms. The molecule has 0 aliphatic rings. The molecule has 2 aromatic carbocycles. The lowest BCUT2D eigenvalue weighted by Crippen LogP contribution is -2.00. The monoisotopic (exact) mass is 410 g/mol. The largest absolute Gasteiger partial charge is 0.397 e. The molecule has 0 aliphatic heterocycles. The lowest BCUT2D eigenvalue weighted by molar-refractivity contribution is 0.252. The molecule has 0 atom stereocenters. The number of hydrogen-bond acceptors (Lipinski definition) is 3. The van der Waals surface area contributed by atoms with E-state index in [0.29, 0.717) is 37.3 Å². The Bertz CT molecular complexity index is 623. The summed E-state index contributed by atoms with van der Waals surface area (Å²) in [6, 6.07) is 9.31. The van der Waals surface area contributed by atoms with Crippen LogP contribution in [0.25, 0.3) is 0 Å². The van der Waals surface area contributed by atoms with Gasteiger partial charge in [0.05, 0.1) is 20.6 Å². The maximum atomic E-state index is 13.5. The summed E-state index contributed by atoms with van der Waals surface area (Å²) < 4.78 is 38.9. The minimum Gasteiger partial charge on any atom is -0.397 e. The molecule has 0 heterocycles. The van der Waals surface area contributed by atoms with E-state index in [-0.39, 0.29) is 0 Å². The van der Waals surface area contributed by atoms with Crippen molar-refractivity contribution in [3.63, 3.8) is 0 Å². The van der Waals surface area contributed by atoms with Crippen LogP contribution in [0.15, 0.2) is 41.3 Å². The zero-order valence-electron chi connectivity index (χ0n) is 10.0. The molecule has 2 nitrogen and oxygen atoms in total. The van der Waals surface area contributed by atoms with Crippen molar-refractivity contribution in [3.05, 3.63) is 45.8 Å². The highest BCUT2D eigenvalue weighted by atomic mass is 127. The molecule has 0 aliphatic carbocycles. The van der Waals surface area contributed by atoms with Crippen molar-refractivity contribution in [3.8, 4) is 0 Å². The fourth-order valence-corrected chi connectivity index (χ4v) is 2.67. The van der Waals surface area contributed by atoms with E-state index >= 15 is 0 Å². The molecule has 20 heavy (non-hydrogen) atoms. The number of para-hydroxylation sites is 1. The van der Waals surface area contributed by atoms with Gasteiger partial charge in [-0.3, -0.25) is 0 Å². The van der Waals surface area contributed by atoms with Gasteiger partial charge in [0.1, 0.15) is 5.82 Å². The average Bonchev–Trinajstić information content (AvgIpc) is 2.37. The molecule has 0 bridgehead atoms. The summed E-state index contributed by atoms with van der Waals surface area (Å²) in [5.74, 6) is -2.94. The van der Waals surface area contributed by atoms with E-state index in [1.165, 1.54) is 12.1 Å². The van der Waals surface area contributed by atoms with E-state index < -0.39 is 11.6 Å². The summed E-state index contributed by atoms with van der Waals surface area (Å²) in [7, 11) is 0. The molecule has 2 aromatic rings. The molecule has 3 N–H and O–H groups in total. The molecule has 0 saturated heterocycles. The van der Waals surface area contributed by atoms with E-state index in [4.69, 9.17) is 5.73 Å². The van der Waals surface area contributed by atoms with Crippen molar-refractivity contribution in [2.45, 2.75) is 10.7 Å². The standard InChI is InChI=1S/C13H10F3IN2S/c14-7-5-11(9(18)6-8(7)17)19-10-3-1-2-4-12(10)20-13(15)16/h1-6,13,19H,18H2. The lowest BCUT2D eigenvalue weighted by atomic mass is 10.2. The summed E-state index contributed by atoms with van der Waals surface area (Å²) in [5.41, 5.74) is 6.97. The molecule has 0 amide bonds. The molecular weight excluding hydrogens is 400 g/mol. The van der Waals surface area contributed by atoms with Gasteiger partial charge in [0, 0.05) is 11.0 Å². The molecule has 0 aromatic heterocycles. The summed E-state index contributed by atoms with van der Waals surface area (Å²) >= 11 is 2.26. The first-order valence-corrected chi connectivity index (χ1v) is 7.48. The number of nitrogens with one attached hydrogen (secondary N) is 1. The fourth-order valence-electron chi connectivity index (χ4n) is 1.58. The van der Waals surface area contributed by atoms with Gasteiger partial charge in [-0.25, -0.2) is 4.39 Å². The predicted octanol–water partition coefficient (Wildman–Crippen LogP) is 5.07. The second-order valence-electron chi connectivity index (χ2n) is 3.85. The molecule has 0 unspecified atom stereocenters. The van der Waals surface area contributed by atoms with Crippen LogP contribution in [-0.4, -0.2) is 5.76 Å². The number of thioether (sulfide) groups is 1. The second kappa shape index (κ2) is 6.57. The van der Waals surface area contributed by atoms with E-state index in [9.17, 15) is 13.2 Å². The highest BCUT2D eigenvalue weighted by Gasteiger charge is 2.12. The minimum atomic E-state index is -2.52. The van der Waals surface area contributed by atoms with Crippen molar-refractivity contribution in [1.82, 2.24) is 0 Å². The van der Waals surface area contributed by atoms with Crippen molar-refractivity contribution < 1.29 is 13.2 Å².